The van der Waals surface area contributed by atoms with Gasteiger partial charge in [0.2, 0.25) is 0 Å². The van der Waals surface area contributed by atoms with Crippen LogP contribution in [0.4, 0.5) is 17.1 Å². The largest absolute Gasteiger partial charge is 0.456 e. The van der Waals surface area contributed by atoms with Crippen molar-refractivity contribution in [2.75, 3.05) is 4.90 Å². The number of hydrogen-bond donors (Lipinski definition) is 0. The van der Waals surface area contributed by atoms with E-state index in [1.807, 2.05) is 12.1 Å². The second kappa shape index (κ2) is 12.0. The summed E-state index contributed by atoms with van der Waals surface area (Å²) in [7, 11) is 0. The fourth-order valence-electron chi connectivity index (χ4n) is 7.19. The van der Waals surface area contributed by atoms with Crippen LogP contribution in [-0.2, 0) is 0 Å². The van der Waals surface area contributed by atoms with Crippen LogP contribution in [0.25, 0.3) is 66.1 Å². The average Bonchev–Trinajstić information content (AvgIpc) is 3.51. The lowest BCUT2D eigenvalue weighted by atomic mass is 9.97. The highest BCUT2D eigenvalue weighted by Crippen LogP contribution is 2.41. The van der Waals surface area contributed by atoms with Crippen molar-refractivity contribution in [3.63, 3.8) is 0 Å². The number of fused-ring (bicyclic) bond motifs is 3. The minimum atomic E-state index is 0.920. The van der Waals surface area contributed by atoms with Crippen LogP contribution < -0.4 is 4.90 Å². The molecule has 0 saturated heterocycles. The van der Waals surface area contributed by atoms with Crippen LogP contribution in [0.5, 0.6) is 0 Å². The SMILES string of the molecule is Cc1c(-c2cccc(-c3ccc(N(c4ccc(-c5cccc6ccccc56)cc4)c4cccc5ccccc45)cc3)c2)oc2ccccc12. The van der Waals surface area contributed by atoms with E-state index >= 15 is 0 Å². The Morgan fingerprint density at radius 3 is 1.69 bits per heavy atom. The van der Waals surface area contributed by atoms with Gasteiger partial charge in [0.15, 0.2) is 0 Å². The van der Waals surface area contributed by atoms with Gasteiger partial charge in [0.05, 0.1) is 5.69 Å². The normalized spacial score (nSPS) is 11.4. The Morgan fingerprint density at radius 1 is 0.408 bits per heavy atom. The van der Waals surface area contributed by atoms with E-state index in [-0.39, 0.29) is 0 Å². The molecule has 0 aliphatic heterocycles. The predicted octanol–water partition coefficient (Wildman–Crippen LogP) is 13.5. The first-order valence-electron chi connectivity index (χ1n) is 16.8. The Balaban J connectivity index is 1.11. The van der Waals surface area contributed by atoms with Gasteiger partial charge in [0, 0.05) is 33.3 Å². The zero-order valence-electron chi connectivity index (χ0n) is 27.2. The molecule has 0 atom stereocenters. The molecule has 0 radical (unpaired) electrons. The van der Waals surface area contributed by atoms with E-state index in [0.717, 1.165) is 50.5 Å². The third-order valence-corrected chi connectivity index (χ3v) is 9.66. The average molecular weight is 628 g/mol. The molecule has 0 bridgehead atoms. The van der Waals surface area contributed by atoms with Crippen molar-refractivity contribution in [2.24, 2.45) is 0 Å². The summed E-state index contributed by atoms with van der Waals surface area (Å²) < 4.78 is 6.31. The lowest BCUT2D eigenvalue weighted by Gasteiger charge is -2.27. The zero-order chi connectivity index (χ0) is 32.7. The summed E-state index contributed by atoms with van der Waals surface area (Å²) in [6.07, 6.45) is 0. The highest BCUT2D eigenvalue weighted by Gasteiger charge is 2.17. The molecule has 232 valence electrons. The van der Waals surface area contributed by atoms with Gasteiger partial charge < -0.3 is 9.32 Å². The summed E-state index contributed by atoms with van der Waals surface area (Å²) in [4.78, 5) is 2.37. The summed E-state index contributed by atoms with van der Waals surface area (Å²) in [5.41, 5.74) is 11.3. The first-order valence-corrected chi connectivity index (χ1v) is 16.8. The lowest BCUT2D eigenvalue weighted by molar-refractivity contribution is 0.629. The third-order valence-electron chi connectivity index (χ3n) is 9.66. The molecule has 9 rings (SSSR count). The Hall–Kier alpha value is -6.38. The van der Waals surface area contributed by atoms with Gasteiger partial charge in [-0.05, 0) is 87.8 Å². The number of rotatable bonds is 6. The molecule has 0 N–H and O–H groups in total. The number of anilines is 3. The molecule has 1 heterocycles. The van der Waals surface area contributed by atoms with Crippen LogP contribution in [-0.4, -0.2) is 0 Å². The summed E-state index contributed by atoms with van der Waals surface area (Å²) in [6, 6.07) is 65.1. The highest BCUT2D eigenvalue weighted by molar-refractivity contribution is 6.00. The van der Waals surface area contributed by atoms with Gasteiger partial charge in [-0.25, -0.2) is 0 Å². The number of benzene rings is 8. The maximum absolute atomic E-state index is 6.31. The summed E-state index contributed by atoms with van der Waals surface area (Å²) in [6.45, 7) is 2.14. The van der Waals surface area contributed by atoms with Gasteiger partial charge in [0.1, 0.15) is 11.3 Å². The van der Waals surface area contributed by atoms with Crippen LogP contribution in [0, 0.1) is 6.92 Å². The second-order valence-electron chi connectivity index (χ2n) is 12.6. The number of hydrogen-bond acceptors (Lipinski definition) is 2. The topological polar surface area (TPSA) is 16.4 Å². The van der Waals surface area contributed by atoms with Crippen molar-refractivity contribution >= 4 is 49.6 Å². The highest BCUT2D eigenvalue weighted by atomic mass is 16.3. The number of nitrogens with zero attached hydrogens (tertiary/aromatic N) is 1. The molecule has 0 amide bonds. The van der Waals surface area contributed by atoms with E-state index in [0.29, 0.717) is 0 Å². The molecule has 49 heavy (non-hydrogen) atoms. The van der Waals surface area contributed by atoms with E-state index < -0.39 is 0 Å². The molecule has 1 aromatic heterocycles. The van der Waals surface area contributed by atoms with E-state index in [1.165, 1.54) is 38.2 Å². The molecule has 0 aliphatic carbocycles. The van der Waals surface area contributed by atoms with E-state index in [9.17, 15) is 0 Å². The van der Waals surface area contributed by atoms with Crippen molar-refractivity contribution in [1.29, 1.82) is 0 Å². The van der Waals surface area contributed by atoms with Crippen molar-refractivity contribution in [3.05, 3.63) is 188 Å². The first kappa shape index (κ1) is 28.8. The molecule has 0 aliphatic rings. The maximum atomic E-state index is 6.31. The fraction of sp³-hybridized carbons (Fsp3) is 0.0213. The fourth-order valence-corrected chi connectivity index (χ4v) is 7.19. The summed E-state index contributed by atoms with van der Waals surface area (Å²) in [5, 5.41) is 6.09. The summed E-state index contributed by atoms with van der Waals surface area (Å²) in [5.74, 6) is 0.925. The maximum Gasteiger partial charge on any atom is 0.138 e. The van der Waals surface area contributed by atoms with Crippen LogP contribution in [0.2, 0.25) is 0 Å². The molecule has 0 spiro atoms. The van der Waals surface area contributed by atoms with E-state index in [2.05, 4.69) is 182 Å². The van der Waals surface area contributed by atoms with Crippen LogP contribution in [0.15, 0.2) is 186 Å². The first-order chi connectivity index (χ1) is 24.2. The van der Waals surface area contributed by atoms with Gasteiger partial charge in [-0.3, -0.25) is 0 Å². The van der Waals surface area contributed by atoms with Crippen LogP contribution in [0.1, 0.15) is 5.56 Å². The van der Waals surface area contributed by atoms with Crippen molar-refractivity contribution in [3.8, 4) is 33.6 Å². The standard InChI is InChI=1S/C47H33NO/c1-32-41-17-6-7-22-46(41)49-47(32)38-16-8-15-37(31-38)33-23-27-39(28-24-33)48(45-21-10-14-35-12-3-5-19-44(35)45)40-29-25-36(26-30-40)43-20-9-13-34-11-2-4-18-42(34)43/h2-31H,1H3. The van der Waals surface area contributed by atoms with Gasteiger partial charge in [-0.2, -0.15) is 0 Å². The van der Waals surface area contributed by atoms with Crippen molar-refractivity contribution < 1.29 is 4.42 Å². The molecular formula is C47H33NO. The number of furan rings is 1. The lowest BCUT2D eigenvalue weighted by Crippen LogP contribution is -2.10. The molecule has 9 aromatic rings. The molecule has 2 heteroatoms. The van der Waals surface area contributed by atoms with Crippen molar-refractivity contribution in [2.45, 2.75) is 6.92 Å². The molecular weight excluding hydrogens is 595 g/mol. The molecule has 8 aromatic carbocycles. The van der Waals surface area contributed by atoms with E-state index in [1.54, 1.807) is 0 Å². The molecule has 2 nitrogen and oxygen atoms in total. The van der Waals surface area contributed by atoms with Crippen molar-refractivity contribution in [1.82, 2.24) is 0 Å². The third kappa shape index (κ3) is 5.15. The Bertz CT molecular complexity index is 2600. The Morgan fingerprint density at radius 2 is 0.959 bits per heavy atom. The predicted molar refractivity (Wildman–Crippen MR) is 207 cm³/mol. The molecule has 0 unspecified atom stereocenters. The second-order valence-corrected chi connectivity index (χ2v) is 12.6. The minimum absolute atomic E-state index is 0.920. The Labute approximate surface area is 286 Å². The molecule has 0 fully saturated rings. The smallest absolute Gasteiger partial charge is 0.138 e. The van der Waals surface area contributed by atoms with Crippen LogP contribution >= 0.6 is 0 Å². The summed E-state index contributed by atoms with van der Waals surface area (Å²) >= 11 is 0. The number of aryl methyl sites for hydroxylation is 1. The minimum Gasteiger partial charge on any atom is -0.456 e. The zero-order valence-corrected chi connectivity index (χ0v) is 27.2. The van der Waals surface area contributed by atoms with Gasteiger partial charge in [-0.1, -0.05) is 140 Å². The quantitative estimate of drug-likeness (QED) is 0.182. The van der Waals surface area contributed by atoms with Gasteiger partial charge >= 0.3 is 0 Å². The Kier molecular flexibility index (Phi) is 7.06. The molecule has 0 saturated carbocycles. The monoisotopic (exact) mass is 627 g/mol. The number of para-hydroxylation sites is 1. The van der Waals surface area contributed by atoms with E-state index in [4.69, 9.17) is 4.42 Å². The van der Waals surface area contributed by atoms with Gasteiger partial charge in [-0.15, -0.1) is 0 Å². The van der Waals surface area contributed by atoms with Crippen LogP contribution in [0.3, 0.4) is 0 Å². The van der Waals surface area contributed by atoms with Gasteiger partial charge in [0.25, 0.3) is 0 Å².